The first kappa shape index (κ1) is 30.7. The van der Waals surface area contributed by atoms with Crippen molar-refractivity contribution < 1.29 is 4.74 Å². The summed E-state index contributed by atoms with van der Waals surface area (Å²) in [6, 6.07) is 32.5. The first-order chi connectivity index (χ1) is 19.6. The van der Waals surface area contributed by atoms with Gasteiger partial charge in [0.05, 0.1) is 5.71 Å². The van der Waals surface area contributed by atoms with Gasteiger partial charge < -0.3 is 4.74 Å². The molecule has 2 unspecified atom stereocenters. The highest BCUT2D eigenvalue weighted by molar-refractivity contribution is 7.49. The van der Waals surface area contributed by atoms with Crippen LogP contribution in [0.15, 0.2) is 96.0 Å². The molecule has 0 aliphatic rings. The van der Waals surface area contributed by atoms with E-state index in [0.29, 0.717) is 15.2 Å². The van der Waals surface area contributed by atoms with Gasteiger partial charge in [-0.05, 0) is 42.1 Å². The first-order valence-electron chi connectivity index (χ1n) is 14.8. The Kier molecular flexibility index (Phi) is 9.88. The molecule has 2 atom stereocenters. The third kappa shape index (κ3) is 7.17. The Balaban J connectivity index is 1.88. The monoisotopic (exact) mass is 563 g/mol. The van der Waals surface area contributed by atoms with E-state index in [1.54, 1.807) is 0 Å². The van der Waals surface area contributed by atoms with Crippen molar-refractivity contribution in [1.82, 2.24) is 0 Å². The van der Waals surface area contributed by atoms with Crippen molar-refractivity contribution in [2.75, 3.05) is 7.05 Å². The molecule has 2 nitrogen and oxygen atoms in total. The van der Waals surface area contributed by atoms with E-state index in [1.165, 1.54) is 38.7 Å². The first-order valence-corrected chi connectivity index (χ1v) is 15.8. The Labute approximate surface area is 250 Å². The van der Waals surface area contributed by atoms with Crippen LogP contribution in [0.2, 0.25) is 0 Å². The maximum absolute atomic E-state index is 6.85. The molecular weight excluding hydrogens is 517 g/mol. The largest absolute Gasteiger partial charge is 0.488 e. The number of nitrogens with zero attached hydrogens (tertiary/aromatic N) is 1. The highest BCUT2D eigenvalue weighted by atomic mass is 31.1. The number of ether oxygens (including phenoxy) is 1. The zero-order chi connectivity index (χ0) is 29.6. The molecule has 0 fully saturated rings. The van der Waals surface area contributed by atoms with Crippen LogP contribution in [0.25, 0.3) is 0 Å². The minimum Gasteiger partial charge on any atom is -0.488 e. The molecule has 4 rings (SSSR count). The van der Waals surface area contributed by atoms with Crippen LogP contribution in [0.5, 0.6) is 5.75 Å². The van der Waals surface area contributed by atoms with Gasteiger partial charge in [0, 0.05) is 34.5 Å². The average Bonchev–Trinajstić information content (AvgIpc) is 2.95. The van der Waals surface area contributed by atoms with Gasteiger partial charge in [-0.2, -0.15) is 0 Å². The lowest BCUT2D eigenvalue weighted by molar-refractivity contribution is 0.290. The summed E-state index contributed by atoms with van der Waals surface area (Å²) < 4.78 is 6.85. The van der Waals surface area contributed by atoms with Crippen molar-refractivity contribution >= 4 is 19.6 Å². The van der Waals surface area contributed by atoms with Gasteiger partial charge in [-0.1, -0.05) is 146 Å². The van der Waals surface area contributed by atoms with Gasteiger partial charge >= 0.3 is 0 Å². The van der Waals surface area contributed by atoms with Crippen molar-refractivity contribution in [3.05, 3.63) is 130 Å². The zero-order valence-corrected chi connectivity index (χ0v) is 27.1. The summed E-state index contributed by atoms with van der Waals surface area (Å²) in [7, 11) is 2.46. The minimum absolute atomic E-state index is 0.0494. The van der Waals surface area contributed by atoms with Crippen LogP contribution in [0.4, 0.5) is 0 Å². The summed E-state index contributed by atoms with van der Waals surface area (Å²) in [5.41, 5.74) is 9.78. The lowest BCUT2D eigenvalue weighted by atomic mass is 9.81. The summed E-state index contributed by atoms with van der Waals surface area (Å²) in [5.74, 6) is 1.05. The summed E-state index contributed by atoms with van der Waals surface area (Å²) in [6.45, 7) is 16.7. The van der Waals surface area contributed by atoms with Gasteiger partial charge in [-0.15, -0.1) is 0 Å². The molecule has 0 spiro atoms. The van der Waals surface area contributed by atoms with Crippen molar-refractivity contribution in [2.45, 2.75) is 78.5 Å². The summed E-state index contributed by atoms with van der Waals surface area (Å²) in [5, 5.41) is 1.28. The molecule has 4 aromatic carbocycles. The SMILES string of the molecule is CCCC(C)(Pc1c(C)cccc1/C(=N/C)c1ccccc1)c1cc(C)cc(C(C)(C)C)c1OCc1ccccc1. The van der Waals surface area contributed by atoms with Crippen LogP contribution < -0.4 is 10.0 Å². The maximum Gasteiger partial charge on any atom is 0.127 e. The quantitative estimate of drug-likeness (QED) is 0.139. The predicted octanol–water partition coefficient (Wildman–Crippen LogP) is 9.67. The Morgan fingerprint density at radius 3 is 2.05 bits per heavy atom. The molecule has 0 N–H and O–H groups in total. The molecule has 0 saturated carbocycles. The Morgan fingerprint density at radius 1 is 0.805 bits per heavy atom. The zero-order valence-electron chi connectivity index (χ0n) is 26.1. The lowest BCUT2D eigenvalue weighted by Crippen LogP contribution is -2.26. The molecule has 214 valence electrons. The van der Waals surface area contributed by atoms with Crippen molar-refractivity contribution in [2.24, 2.45) is 4.99 Å². The molecule has 41 heavy (non-hydrogen) atoms. The van der Waals surface area contributed by atoms with Crippen LogP contribution in [0.3, 0.4) is 0 Å². The summed E-state index contributed by atoms with van der Waals surface area (Å²) in [4.78, 5) is 4.82. The van der Waals surface area contributed by atoms with Crippen LogP contribution >= 0.6 is 8.58 Å². The maximum atomic E-state index is 6.85. The molecular formula is C38H46NOP. The molecule has 0 saturated heterocycles. The standard InChI is InChI=1S/C38H46NOP/c1-9-23-38(7,41-36-28(3)17-16-22-31(36)34(39-8)30-20-14-11-15-21-30)33-25-27(2)24-32(37(4,5)6)35(33)40-26-29-18-12-10-13-19-29/h10-22,24-25,41H,9,23,26H2,1-8H3/b39-34+. The van der Waals surface area contributed by atoms with Gasteiger partial charge in [0.2, 0.25) is 0 Å². The molecule has 0 aliphatic carbocycles. The van der Waals surface area contributed by atoms with Crippen molar-refractivity contribution in [3.8, 4) is 5.75 Å². The van der Waals surface area contributed by atoms with E-state index in [2.05, 4.69) is 139 Å². The highest BCUT2D eigenvalue weighted by Crippen LogP contribution is 2.51. The number of aliphatic imine (C=N–C) groups is 1. The Morgan fingerprint density at radius 2 is 1.44 bits per heavy atom. The third-order valence-corrected chi connectivity index (χ3v) is 9.80. The van der Waals surface area contributed by atoms with Crippen molar-refractivity contribution in [3.63, 3.8) is 0 Å². The second-order valence-electron chi connectivity index (χ2n) is 12.4. The number of hydrogen-bond acceptors (Lipinski definition) is 2. The number of aryl methyl sites for hydroxylation is 2. The smallest absolute Gasteiger partial charge is 0.127 e. The molecule has 0 bridgehead atoms. The van der Waals surface area contributed by atoms with E-state index >= 15 is 0 Å². The molecule has 3 heteroatoms. The summed E-state index contributed by atoms with van der Waals surface area (Å²) in [6.07, 6.45) is 2.16. The van der Waals surface area contributed by atoms with Crippen LogP contribution in [-0.4, -0.2) is 12.8 Å². The van der Waals surface area contributed by atoms with Gasteiger partial charge in [0.1, 0.15) is 12.4 Å². The minimum atomic E-state index is -0.108. The fourth-order valence-corrected chi connectivity index (χ4v) is 7.56. The average molecular weight is 564 g/mol. The van der Waals surface area contributed by atoms with Gasteiger partial charge in [-0.3, -0.25) is 4.99 Å². The van der Waals surface area contributed by atoms with Crippen LogP contribution in [0, 0.1) is 13.8 Å². The molecule has 0 amide bonds. The molecule has 0 heterocycles. The van der Waals surface area contributed by atoms with Gasteiger partial charge in [0.15, 0.2) is 0 Å². The van der Waals surface area contributed by atoms with Crippen LogP contribution in [-0.2, 0) is 17.2 Å². The topological polar surface area (TPSA) is 21.6 Å². The normalized spacial score (nSPS) is 13.9. The van der Waals surface area contributed by atoms with E-state index in [4.69, 9.17) is 9.73 Å². The fourth-order valence-electron chi connectivity index (χ4n) is 5.70. The number of hydrogen-bond donors (Lipinski definition) is 0. The number of benzene rings is 4. The third-order valence-electron chi connectivity index (χ3n) is 7.81. The number of rotatable bonds is 10. The molecule has 0 radical (unpaired) electrons. The Bertz CT molecular complexity index is 1480. The second kappa shape index (κ2) is 13.2. The van der Waals surface area contributed by atoms with Crippen LogP contribution in [0.1, 0.15) is 86.4 Å². The van der Waals surface area contributed by atoms with Gasteiger partial charge in [-0.25, -0.2) is 0 Å². The molecule has 4 aromatic rings. The van der Waals surface area contributed by atoms with E-state index in [9.17, 15) is 0 Å². The van der Waals surface area contributed by atoms with E-state index in [0.717, 1.165) is 29.9 Å². The van der Waals surface area contributed by atoms with Crippen molar-refractivity contribution in [1.29, 1.82) is 0 Å². The predicted molar refractivity (Wildman–Crippen MR) is 180 cm³/mol. The highest BCUT2D eigenvalue weighted by Gasteiger charge is 2.35. The summed E-state index contributed by atoms with van der Waals surface area (Å²) >= 11 is 0. The van der Waals surface area contributed by atoms with E-state index < -0.39 is 0 Å². The van der Waals surface area contributed by atoms with Gasteiger partial charge in [0.25, 0.3) is 0 Å². The fraction of sp³-hybridized carbons (Fsp3) is 0.342. The van der Waals surface area contributed by atoms with E-state index in [1.807, 2.05) is 7.05 Å². The second-order valence-corrected chi connectivity index (χ2v) is 14.2. The lowest BCUT2D eigenvalue weighted by Gasteiger charge is -2.36. The van der Waals surface area contributed by atoms with E-state index in [-0.39, 0.29) is 10.6 Å². The Hall–Kier alpha value is -3.22. The molecule has 0 aromatic heterocycles. The molecule has 0 aliphatic heterocycles.